The Balaban J connectivity index is 1.79. The van der Waals surface area contributed by atoms with Gasteiger partial charge in [-0.25, -0.2) is 0 Å². The van der Waals surface area contributed by atoms with E-state index < -0.39 is 17.7 Å². The highest BCUT2D eigenvalue weighted by atomic mass is 35.5. The van der Waals surface area contributed by atoms with E-state index >= 15 is 0 Å². The molecule has 0 unspecified atom stereocenters. The Kier molecular flexibility index (Phi) is 6.90. The summed E-state index contributed by atoms with van der Waals surface area (Å²) in [6.45, 7) is 1.01. The summed E-state index contributed by atoms with van der Waals surface area (Å²) in [4.78, 5) is 46.4. The van der Waals surface area contributed by atoms with Gasteiger partial charge in [0.25, 0.3) is 0 Å². The largest absolute Gasteiger partial charge is 0.339 e. The first-order chi connectivity index (χ1) is 12.8. The predicted molar refractivity (Wildman–Crippen MR) is 102 cm³/mol. The number of nitrogens with one attached hydrogen (secondary N) is 4. The van der Waals surface area contributed by atoms with Crippen molar-refractivity contribution in [3.05, 3.63) is 53.6 Å². The summed E-state index contributed by atoms with van der Waals surface area (Å²) in [6, 6.07) is 12.7. The van der Waals surface area contributed by atoms with Crippen molar-refractivity contribution in [1.29, 1.82) is 0 Å². The van der Waals surface area contributed by atoms with Crippen LogP contribution in [-0.2, 0) is 19.2 Å². The van der Waals surface area contributed by atoms with Crippen LogP contribution in [0.1, 0.15) is 6.92 Å². The quantitative estimate of drug-likeness (QED) is 0.586. The summed E-state index contributed by atoms with van der Waals surface area (Å²) < 4.78 is 0. The summed E-state index contributed by atoms with van der Waals surface area (Å²) in [5, 5.41) is 10.3. The van der Waals surface area contributed by atoms with Gasteiger partial charge in [-0.15, -0.1) is 0 Å². The first-order valence-corrected chi connectivity index (χ1v) is 8.23. The van der Waals surface area contributed by atoms with Crippen molar-refractivity contribution in [3.8, 4) is 0 Å². The van der Waals surface area contributed by atoms with Crippen LogP contribution in [0, 0.1) is 0 Å². The van der Waals surface area contributed by atoms with Crippen molar-refractivity contribution in [3.63, 3.8) is 0 Å². The topological polar surface area (TPSA) is 116 Å². The number of carbonyl (C=O) groups excluding carboxylic acids is 4. The number of halogens is 1. The molecule has 9 heteroatoms. The molecular weight excluding hydrogens is 372 g/mol. The fourth-order valence-corrected chi connectivity index (χ4v) is 2.13. The van der Waals surface area contributed by atoms with Crippen LogP contribution in [0.4, 0.5) is 17.1 Å². The fourth-order valence-electron chi connectivity index (χ4n) is 2.01. The lowest BCUT2D eigenvalue weighted by Gasteiger charge is -2.08. The van der Waals surface area contributed by atoms with E-state index in [1.807, 2.05) is 0 Å². The Morgan fingerprint density at radius 2 is 1.22 bits per heavy atom. The summed E-state index contributed by atoms with van der Waals surface area (Å²) in [5.74, 6) is -2.57. The fraction of sp³-hybridized carbons (Fsp3) is 0.111. The maximum atomic E-state index is 11.8. The number of rotatable bonds is 5. The third-order valence-electron chi connectivity index (χ3n) is 3.21. The second-order valence-electron chi connectivity index (χ2n) is 5.45. The van der Waals surface area contributed by atoms with Crippen LogP contribution in [0.15, 0.2) is 48.5 Å². The van der Waals surface area contributed by atoms with Gasteiger partial charge in [-0.2, -0.15) is 0 Å². The summed E-state index contributed by atoms with van der Waals surface area (Å²) >= 11 is 5.75. The van der Waals surface area contributed by atoms with E-state index in [-0.39, 0.29) is 12.5 Å². The molecular formula is C18H17ClN4O4. The van der Waals surface area contributed by atoms with Gasteiger partial charge in [0, 0.05) is 29.0 Å². The average Bonchev–Trinajstić information content (AvgIpc) is 2.62. The summed E-state index contributed by atoms with van der Waals surface area (Å²) in [5.41, 5.74) is 1.45. The SMILES string of the molecule is CC(=O)Nc1ccc(NC(=O)C(=O)NCC(=O)Nc2ccc(Cl)cc2)cc1. The first kappa shape index (κ1) is 19.9. The first-order valence-electron chi connectivity index (χ1n) is 7.86. The number of benzene rings is 2. The van der Waals surface area contributed by atoms with Gasteiger partial charge >= 0.3 is 11.8 Å². The summed E-state index contributed by atoms with van der Waals surface area (Å²) in [6.07, 6.45) is 0. The molecule has 0 spiro atoms. The molecule has 0 heterocycles. The molecule has 0 aliphatic carbocycles. The number of hydrogen-bond acceptors (Lipinski definition) is 4. The lowest BCUT2D eigenvalue weighted by molar-refractivity contribution is -0.136. The second-order valence-corrected chi connectivity index (χ2v) is 5.89. The van der Waals surface area contributed by atoms with Crippen molar-refractivity contribution in [2.45, 2.75) is 6.92 Å². The molecule has 2 aromatic rings. The van der Waals surface area contributed by atoms with E-state index in [1.54, 1.807) is 36.4 Å². The van der Waals surface area contributed by atoms with Crippen LogP contribution in [0.5, 0.6) is 0 Å². The second kappa shape index (κ2) is 9.35. The molecule has 4 amide bonds. The Labute approximate surface area is 160 Å². The lowest BCUT2D eigenvalue weighted by Crippen LogP contribution is -2.39. The monoisotopic (exact) mass is 388 g/mol. The minimum atomic E-state index is -0.952. The number of anilines is 3. The Morgan fingerprint density at radius 3 is 1.78 bits per heavy atom. The third kappa shape index (κ3) is 6.79. The Bertz CT molecular complexity index is 851. The van der Waals surface area contributed by atoms with Crippen molar-refractivity contribution >= 4 is 52.3 Å². The highest BCUT2D eigenvalue weighted by molar-refractivity contribution is 6.40. The van der Waals surface area contributed by atoms with Gasteiger partial charge in [-0.3, -0.25) is 19.2 Å². The highest BCUT2D eigenvalue weighted by Gasteiger charge is 2.15. The number of hydrogen-bond donors (Lipinski definition) is 4. The minimum absolute atomic E-state index is 0.219. The van der Waals surface area contributed by atoms with Crippen molar-refractivity contribution in [1.82, 2.24) is 5.32 Å². The molecule has 8 nitrogen and oxygen atoms in total. The minimum Gasteiger partial charge on any atom is -0.339 e. The van der Waals surface area contributed by atoms with Crippen LogP contribution >= 0.6 is 11.6 Å². The molecule has 0 aromatic heterocycles. The molecule has 0 aliphatic heterocycles. The van der Waals surface area contributed by atoms with Gasteiger partial charge < -0.3 is 21.3 Å². The van der Waals surface area contributed by atoms with E-state index in [2.05, 4.69) is 21.3 Å². The van der Waals surface area contributed by atoms with Crippen LogP contribution in [-0.4, -0.2) is 30.2 Å². The Hall–Kier alpha value is -3.39. The van der Waals surface area contributed by atoms with E-state index in [0.29, 0.717) is 22.1 Å². The smallest absolute Gasteiger partial charge is 0.313 e. The molecule has 2 aromatic carbocycles. The van der Waals surface area contributed by atoms with Crippen LogP contribution < -0.4 is 21.3 Å². The van der Waals surface area contributed by atoms with Gasteiger partial charge in [0.05, 0.1) is 6.54 Å². The number of amides is 4. The van der Waals surface area contributed by atoms with E-state index in [0.717, 1.165) is 0 Å². The molecule has 27 heavy (non-hydrogen) atoms. The van der Waals surface area contributed by atoms with E-state index in [1.165, 1.54) is 19.1 Å². The van der Waals surface area contributed by atoms with Crippen LogP contribution in [0.25, 0.3) is 0 Å². The zero-order valence-corrected chi connectivity index (χ0v) is 15.1. The van der Waals surface area contributed by atoms with E-state index in [9.17, 15) is 19.2 Å². The molecule has 0 radical (unpaired) electrons. The molecule has 2 rings (SSSR count). The third-order valence-corrected chi connectivity index (χ3v) is 3.46. The van der Waals surface area contributed by atoms with Gasteiger partial charge in [0.1, 0.15) is 0 Å². The van der Waals surface area contributed by atoms with Crippen molar-refractivity contribution in [2.24, 2.45) is 0 Å². The molecule has 140 valence electrons. The summed E-state index contributed by atoms with van der Waals surface area (Å²) in [7, 11) is 0. The standard InChI is InChI=1S/C18H17ClN4O4/c1-11(24)21-13-6-8-15(9-7-13)23-18(27)17(26)20-10-16(25)22-14-4-2-12(19)3-5-14/h2-9H,10H2,1H3,(H,20,26)(H,21,24)(H,22,25)(H,23,27). The zero-order valence-electron chi connectivity index (χ0n) is 14.3. The normalized spacial score (nSPS) is 9.85. The van der Waals surface area contributed by atoms with E-state index in [4.69, 9.17) is 11.6 Å². The molecule has 0 saturated carbocycles. The van der Waals surface area contributed by atoms with Crippen molar-refractivity contribution < 1.29 is 19.2 Å². The molecule has 0 bridgehead atoms. The van der Waals surface area contributed by atoms with Gasteiger partial charge in [-0.1, -0.05) is 11.6 Å². The highest BCUT2D eigenvalue weighted by Crippen LogP contribution is 2.14. The zero-order chi connectivity index (χ0) is 19.8. The van der Waals surface area contributed by atoms with Gasteiger partial charge in [0.2, 0.25) is 11.8 Å². The maximum absolute atomic E-state index is 11.8. The van der Waals surface area contributed by atoms with Crippen LogP contribution in [0.3, 0.4) is 0 Å². The average molecular weight is 389 g/mol. The Morgan fingerprint density at radius 1 is 0.741 bits per heavy atom. The molecule has 0 atom stereocenters. The molecule has 0 aliphatic rings. The van der Waals surface area contributed by atoms with Crippen molar-refractivity contribution in [2.75, 3.05) is 22.5 Å². The van der Waals surface area contributed by atoms with Gasteiger partial charge in [0.15, 0.2) is 0 Å². The maximum Gasteiger partial charge on any atom is 0.313 e. The lowest BCUT2D eigenvalue weighted by atomic mass is 10.2. The molecule has 0 fully saturated rings. The molecule has 0 saturated heterocycles. The number of carbonyl (C=O) groups is 4. The predicted octanol–water partition coefficient (Wildman–Crippen LogP) is 1.99. The van der Waals surface area contributed by atoms with Gasteiger partial charge in [-0.05, 0) is 48.5 Å². The van der Waals surface area contributed by atoms with Crippen LogP contribution in [0.2, 0.25) is 5.02 Å². The molecule has 4 N–H and O–H groups in total.